The molecule has 0 fully saturated rings. The Balaban J connectivity index is 2.54. The smallest absolute Gasteiger partial charge is 0.338 e. The van der Waals surface area contributed by atoms with Gasteiger partial charge in [0.05, 0.1) is 5.56 Å². The number of carboxylic acid groups (broad SMARTS) is 1. The molecule has 1 aromatic heterocycles. The molecule has 0 saturated heterocycles. The second-order valence-corrected chi connectivity index (χ2v) is 4.60. The third-order valence-electron chi connectivity index (χ3n) is 2.56. The van der Waals surface area contributed by atoms with E-state index in [-0.39, 0.29) is 10.7 Å². The number of aryl methyl sites for hydroxylation is 1. The van der Waals surface area contributed by atoms with Gasteiger partial charge in [-0.15, -0.1) is 0 Å². The van der Waals surface area contributed by atoms with E-state index < -0.39 is 5.97 Å². The van der Waals surface area contributed by atoms with Crippen molar-refractivity contribution in [3.63, 3.8) is 0 Å². The quantitative estimate of drug-likeness (QED) is 0.845. The summed E-state index contributed by atoms with van der Waals surface area (Å²) < 4.78 is 0. The fraction of sp³-hybridized carbons (Fsp3) is 0.0769. The molecule has 1 aromatic carbocycles. The molecule has 0 radical (unpaired) electrons. The Morgan fingerprint density at radius 2 is 1.94 bits per heavy atom. The SMILES string of the molecule is Cc1cc(-c2cnc(Cl)c(C(=O)O)c2)ccc1Cl. The van der Waals surface area contributed by atoms with Crippen molar-refractivity contribution in [3.05, 3.63) is 51.8 Å². The molecule has 0 aliphatic carbocycles. The van der Waals surface area contributed by atoms with Gasteiger partial charge in [-0.25, -0.2) is 9.78 Å². The lowest BCUT2D eigenvalue weighted by atomic mass is 10.0. The van der Waals surface area contributed by atoms with Crippen LogP contribution in [0.15, 0.2) is 30.5 Å². The molecular formula is C13H9Cl2NO2. The number of pyridine rings is 1. The van der Waals surface area contributed by atoms with Crippen LogP contribution in [0, 0.1) is 6.92 Å². The van der Waals surface area contributed by atoms with E-state index in [0.717, 1.165) is 11.1 Å². The van der Waals surface area contributed by atoms with Gasteiger partial charge in [0.25, 0.3) is 0 Å². The minimum Gasteiger partial charge on any atom is -0.478 e. The Morgan fingerprint density at radius 3 is 2.56 bits per heavy atom. The van der Waals surface area contributed by atoms with E-state index in [1.165, 1.54) is 12.3 Å². The standard InChI is InChI=1S/C13H9Cl2NO2/c1-7-4-8(2-3-11(7)14)9-5-10(13(17)18)12(15)16-6-9/h2-6H,1H3,(H,17,18). The maximum Gasteiger partial charge on any atom is 0.338 e. The summed E-state index contributed by atoms with van der Waals surface area (Å²) in [5.74, 6) is -1.10. The Bertz CT molecular complexity index is 626. The molecule has 92 valence electrons. The minimum absolute atomic E-state index is 0.0123. The average Bonchev–Trinajstić information content (AvgIpc) is 2.33. The van der Waals surface area contributed by atoms with E-state index in [1.54, 1.807) is 6.07 Å². The first-order valence-electron chi connectivity index (χ1n) is 5.14. The lowest BCUT2D eigenvalue weighted by Gasteiger charge is -2.06. The molecular weight excluding hydrogens is 273 g/mol. The third-order valence-corrected chi connectivity index (χ3v) is 3.29. The summed E-state index contributed by atoms with van der Waals surface area (Å²) in [5.41, 5.74) is 2.45. The first kappa shape index (κ1) is 12.9. The van der Waals surface area contributed by atoms with Gasteiger partial charge in [-0.2, -0.15) is 0 Å². The maximum atomic E-state index is 11.0. The molecule has 0 saturated carbocycles. The number of rotatable bonds is 2. The van der Waals surface area contributed by atoms with Crippen molar-refractivity contribution in [1.82, 2.24) is 4.98 Å². The highest BCUT2D eigenvalue weighted by atomic mass is 35.5. The molecule has 0 aliphatic heterocycles. The molecule has 2 aromatic rings. The molecule has 0 spiro atoms. The van der Waals surface area contributed by atoms with Gasteiger partial charge in [0.1, 0.15) is 5.15 Å². The van der Waals surface area contributed by atoms with E-state index in [0.29, 0.717) is 10.6 Å². The van der Waals surface area contributed by atoms with Crippen LogP contribution in [0.25, 0.3) is 11.1 Å². The Morgan fingerprint density at radius 1 is 1.22 bits per heavy atom. The zero-order valence-electron chi connectivity index (χ0n) is 9.45. The molecule has 1 N–H and O–H groups in total. The summed E-state index contributed by atoms with van der Waals surface area (Å²) in [6, 6.07) is 6.95. The van der Waals surface area contributed by atoms with Gasteiger partial charge in [-0.05, 0) is 36.2 Å². The number of aromatic nitrogens is 1. The highest BCUT2D eigenvalue weighted by molar-refractivity contribution is 6.32. The zero-order chi connectivity index (χ0) is 13.3. The lowest BCUT2D eigenvalue weighted by Crippen LogP contribution is -1.99. The van der Waals surface area contributed by atoms with Crippen LogP contribution >= 0.6 is 23.2 Å². The number of hydrogen-bond acceptors (Lipinski definition) is 2. The van der Waals surface area contributed by atoms with E-state index >= 15 is 0 Å². The molecule has 5 heteroatoms. The number of carbonyl (C=O) groups is 1. The van der Waals surface area contributed by atoms with Crippen LogP contribution in [0.5, 0.6) is 0 Å². The van der Waals surface area contributed by atoms with Gasteiger partial charge >= 0.3 is 5.97 Å². The van der Waals surface area contributed by atoms with Crippen molar-refractivity contribution in [2.24, 2.45) is 0 Å². The summed E-state index contributed by atoms with van der Waals surface area (Å²) in [5, 5.41) is 9.64. The van der Waals surface area contributed by atoms with Crippen molar-refractivity contribution >= 4 is 29.2 Å². The molecule has 0 atom stereocenters. The van der Waals surface area contributed by atoms with E-state index in [2.05, 4.69) is 4.98 Å². The van der Waals surface area contributed by atoms with Crippen LogP contribution in [0.2, 0.25) is 10.2 Å². The van der Waals surface area contributed by atoms with Crippen molar-refractivity contribution in [1.29, 1.82) is 0 Å². The van der Waals surface area contributed by atoms with Crippen molar-refractivity contribution in [3.8, 4) is 11.1 Å². The number of aromatic carboxylic acids is 1. The summed E-state index contributed by atoms with van der Waals surface area (Å²) >= 11 is 11.7. The zero-order valence-corrected chi connectivity index (χ0v) is 11.0. The van der Waals surface area contributed by atoms with Crippen LogP contribution in [0.3, 0.4) is 0 Å². The molecule has 0 unspecified atom stereocenters. The van der Waals surface area contributed by atoms with Gasteiger partial charge in [0, 0.05) is 16.8 Å². The van der Waals surface area contributed by atoms with Crippen LogP contribution in [0.4, 0.5) is 0 Å². The van der Waals surface area contributed by atoms with Crippen LogP contribution in [0.1, 0.15) is 15.9 Å². The Hall–Kier alpha value is -1.58. The molecule has 0 aliphatic rings. The van der Waals surface area contributed by atoms with Crippen LogP contribution in [-0.2, 0) is 0 Å². The van der Waals surface area contributed by atoms with Crippen molar-refractivity contribution in [2.45, 2.75) is 6.92 Å². The molecule has 2 rings (SSSR count). The van der Waals surface area contributed by atoms with Gasteiger partial charge in [-0.3, -0.25) is 0 Å². The van der Waals surface area contributed by atoms with E-state index in [4.69, 9.17) is 28.3 Å². The van der Waals surface area contributed by atoms with Crippen LogP contribution < -0.4 is 0 Å². The average molecular weight is 282 g/mol. The van der Waals surface area contributed by atoms with Crippen molar-refractivity contribution < 1.29 is 9.90 Å². The summed E-state index contributed by atoms with van der Waals surface area (Å²) in [7, 11) is 0. The highest BCUT2D eigenvalue weighted by Crippen LogP contribution is 2.26. The van der Waals surface area contributed by atoms with Gasteiger partial charge < -0.3 is 5.11 Å². The maximum absolute atomic E-state index is 11.0. The first-order valence-corrected chi connectivity index (χ1v) is 5.90. The molecule has 0 amide bonds. The predicted octanol–water partition coefficient (Wildman–Crippen LogP) is 4.06. The second-order valence-electron chi connectivity index (χ2n) is 3.83. The van der Waals surface area contributed by atoms with Gasteiger partial charge in [0.2, 0.25) is 0 Å². The number of benzene rings is 1. The van der Waals surface area contributed by atoms with Crippen LogP contribution in [-0.4, -0.2) is 16.1 Å². The summed E-state index contributed by atoms with van der Waals surface area (Å²) in [6.45, 7) is 1.88. The van der Waals surface area contributed by atoms with E-state index in [1.807, 2.05) is 19.1 Å². The fourth-order valence-electron chi connectivity index (χ4n) is 1.58. The van der Waals surface area contributed by atoms with Gasteiger partial charge in [-0.1, -0.05) is 29.3 Å². The monoisotopic (exact) mass is 281 g/mol. The summed E-state index contributed by atoms with van der Waals surface area (Å²) in [4.78, 5) is 14.9. The number of nitrogens with zero attached hydrogens (tertiary/aromatic N) is 1. The lowest BCUT2D eigenvalue weighted by molar-refractivity contribution is 0.0696. The second kappa shape index (κ2) is 4.96. The first-order chi connectivity index (χ1) is 8.49. The Kier molecular flexibility index (Phi) is 3.55. The normalized spacial score (nSPS) is 10.4. The number of hydrogen-bond donors (Lipinski definition) is 1. The van der Waals surface area contributed by atoms with Gasteiger partial charge in [0.15, 0.2) is 0 Å². The fourth-order valence-corrected chi connectivity index (χ4v) is 1.88. The van der Waals surface area contributed by atoms with Crippen molar-refractivity contribution in [2.75, 3.05) is 0 Å². The summed E-state index contributed by atoms with van der Waals surface area (Å²) in [6.07, 6.45) is 1.54. The molecule has 18 heavy (non-hydrogen) atoms. The Labute approximate surface area is 114 Å². The minimum atomic E-state index is -1.10. The number of carboxylic acids is 1. The molecule has 3 nitrogen and oxygen atoms in total. The molecule has 0 bridgehead atoms. The topological polar surface area (TPSA) is 50.2 Å². The predicted molar refractivity (Wildman–Crippen MR) is 71.4 cm³/mol. The largest absolute Gasteiger partial charge is 0.478 e. The van der Waals surface area contributed by atoms with E-state index in [9.17, 15) is 4.79 Å². The third kappa shape index (κ3) is 2.47. The number of halogens is 2. The molecule has 1 heterocycles. The highest BCUT2D eigenvalue weighted by Gasteiger charge is 2.12.